The standard InChI is InChI=1S/C13H19Cl2NO3S/c1-9(2)13(5-6-17)16-20(18,19)8-10-3-4-11(14)7-12(10)15/h3-4,7,9,13,16-17H,5-6,8H2,1-2H3. The predicted octanol–water partition coefficient (Wildman–Crippen LogP) is 2.82. The largest absolute Gasteiger partial charge is 0.396 e. The van der Waals surface area contributed by atoms with Crippen LogP contribution in [0.25, 0.3) is 0 Å². The molecule has 0 aliphatic rings. The van der Waals surface area contributed by atoms with Crippen molar-refractivity contribution in [1.29, 1.82) is 0 Å². The summed E-state index contributed by atoms with van der Waals surface area (Å²) in [5.74, 6) is -0.116. The van der Waals surface area contributed by atoms with Gasteiger partial charge >= 0.3 is 0 Å². The van der Waals surface area contributed by atoms with Gasteiger partial charge in [0, 0.05) is 22.7 Å². The van der Waals surface area contributed by atoms with E-state index in [0.717, 1.165) is 0 Å². The fourth-order valence-corrected chi connectivity index (χ4v) is 3.93. The zero-order valence-electron chi connectivity index (χ0n) is 11.4. The highest BCUT2D eigenvalue weighted by molar-refractivity contribution is 7.88. The van der Waals surface area contributed by atoms with Crippen molar-refractivity contribution in [2.45, 2.75) is 32.1 Å². The maximum atomic E-state index is 12.1. The molecule has 1 aromatic carbocycles. The first-order valence-electron chi connectivity index (χ1n) is 6.30. The zero-order valence-corrected chi connectivity index (χ0v) is 13.8. The number of hydrogen-bond acceptors (Lipinski definition) is 3. The van der Waals surface area contributed by atoms with E-state index >= 15 is 0 Å². The minimum Gasteiger partial charge on any atom is -0.396 e. The van der Waals surface area contributed by atoms with Gasteiger partial charge in [-0.15, -0.1) is 0 Å². The Labute approximate surface area is 130 Å². The minimum atomic E-state index is -3.53. The lowest BCUT2D eigenvalue weighted by molar-refractivity contribution is 0.256. The molecule has 0 bridgehead atoms. The molecule has 0 saturated heterocycles. The second-order valence-corrected chi connectivity index (χ2v) is 7.57. The number of rotatable bonds is 7. The van der Waals surface area contributed by atoms with Crippen LogP contribution in [0.4, 0.5) is 0 Å². The Bertz CT molecular complexity index is 547. The molecule has 0 fully saturated rings. The van der Waals surface area contributed by atoms with Crippen LogP contribution in [0.3, 0.4) is 0 Å². The number of benzene rings is 1. The van der Waals surface area contributed by atoms with Gasteiger partial charge in [0.15, 0.2) is 0 Å². The number of aliphatic hydroxyl groups is 1. The molecule has 0 amide bonds. The predicted molar refractivity (Wildman–Crippen MR) is 82.6 cm³/mol. The van der Waals surface area contributed by atoms with Crippen LogP contribution in [0.2, 0.25) is 10.0 Å². The lowest BCUT2D eigenvalue weighted by atomic mass is 10.0. The fraction of sp³-hybridized carbons (Fsp3) is 0.538. The minimum absolute atomic E-state index is 0.0624. The Morgan fingerprint density at radius 1 is 1.30 bits per heavy atom. The van der Waals surface area contributed by atoms with Gasteiger partial charge in [-0.2, -0.15) is 0 Å². The first-order chi connectivity index (χ1) is 9.25. The third-order valence-corrected chi connectivity index (χ3v) is 4.88. The summed E-state index contributed by atoms with van der Waals surface area (Å²) in [7, 11) is -3.53. The van der Waals surface area contributed by atoms with Crippen LogP contribution in [-0.4, -0.2) is 26.2 Å². The van der Waals surface area contributed by atoms with Crippen LogP contribution in [0.15, 0.2) is 18.2 Å². The maximum absolute atomic E-state index is 12.1. The average Bonchev–Trinajstić information content (AvgIpc) is 2.32. The van der Waals surface area contributed by atoms with Crippen LogP contribution in [0.1, 0.15) is 25.8 Å². The van der Waals surface area contributed by atoms with E-state index in [-0.39, 0.29) is 24.3 Å². The highest BCUT2D eigenvalue weighted by Gasteiger charge is 2.21. The van der Waals surface area contributed by atoms with E-state index < -0.39 is 10.0 Å². The summed E-state index contributed by atoms with van der Waals surface area (Å²) in [5, 5.41) is 9.76. The summed E-state index contributed by atoms with van der Waals surface area (Å²) < 4.78 is 26.9. The first kappa shape index (κ1) is 17.7. The van der Waals surface area contributed by atoms with E-state index in [2.05, 4.69) is 4.72 Å². The van der Waals surface area contributed by atoms with Crippen LogP contribution in [0.5, 0.6) is 0 Å². The molecule has 0 heterocycles. The van der Waals surface area contributed by atoms with E-state index in [0.29, 0.717) is 22.0 Å². The van der Waals surface area contributed by atoms with Crippen molar-refractivity contribution in [2.24, 2.45) is 5.92 Å². The van der Waals surface area contributed by atoms with E-state index in [9.17, 15) is 8.42 Å². The van der Waals surface area contributed by atoms with Gasteiger partial charge in [-0.1, -0.05) is 43.1 Å². The molecule has 1 aromatic rings. The second-order valence-electron chi connectivity index (χ2n) is 4.98. The van der Waals surface area contributed by atoms with Gasteiger partial charge < -0.3 is 5.11 Å². The van der Waals surface area contributed by atoms with Crippen molar-refractivity contribution in [1.82, 2.24) is 4.72 Å². The Hall–Kier alpha value is -0.330. The Balaban J connectivity index is 2.83. The van der Waals surface area contributed by atoms with Crippen molar-refractivity contribution in [3.05, 3.63) is 33.8 Å². The molecule has 0 spiro atoms. The molecular weight excluding hydrogens is 321 g/mol. The van der Waals surface area contributed by atoms with Gasteiger partial charge in [-0.05, 0) is 30.0 Å². The van der Waals surface area contributed by atoms with Crippen molar-refractivity contribution < 1.29 is 13.5 Å². The molecule has 1 atom stereocenters. The molecule has 0 aliphatic carbocycles. The van der Waals surface area contributed by atoms with E-state index in [4.69, 9.17) is 28.3 Å². The van der Waals surface area contributed by atoms with Crippen molar-refractivity contribution in [3.8, 4) is 0 Å². The van der Waals surface area contributed by atoms with Crippen LogP contribution in [0, 0.1) is 5.92 Å². The third kappa shape index (κ3) is 5.58. The van der Waals surface area contributed by atoms with Gasteiger partial charge in [0.05, 0.1) is 5.75 Å². The molecule has 1 rings (SSSR count). The van der Waals surface area contributed by atoms with Crippen molar-refractivity contribution in [3.63, 3.8) is 0 Å². The fourth-order valence-electron chi connectivity index (χ4n) is 1.78. The summed E-state index contributed by atoms with van der Waals surface area (Å²) in [6, 6.07) is 4.42. The molecule has 114 valence electrons. The van der Waals surface area contributed by atoms with Crippen molar-refractivity contribution in [2.75, 3.05) is 6.61 Å². The highest BCUT2D eigenvalue weighted by Crippen LogP contribution is 2.23. The SMILES string of the molecule is CC(C)C(CCO)NS(=O)(=O)Cc1ccc(Cl)cc1Cl. The molecule has 0 aliphatic heterocycles. The molecule has 7 heteroatoms. The molecule has 1 unspecified atom stereocenters. The number of sulfonamides is 1. The third-order valence-electron chi connectivity index (χ3n) is 2.94. The first-order valence-corrected chi connectivity index (χ1v) is 8.71. The molecule has 4 nitrogen and oxygen atoms in total. The Morgan fingerprint density at radius 3 is 2.45 bits per heavy atom. The maximum Gasteiger partial charge on any atom is 0.216 e. The van der Waals surface area contributed by atoms with Gasteiger partial charge in [-0.3, -0.25) is 0 Å². The lowest BCUT2D eigenvalue weighted by Gasteiger charge is -2.21. The number of nitrogens with one attached hydrogen (secondary N) is 1. The topological polar surface area (TPSA) is 66.4 Å². The number of halogens is 2. The smallest absolute Gasteiger partial charge is 0.216 e. The van der Waals surface area contributed by atoms with Crippen LogP contribution < -0.4 is 4.72 Å². The second kappa shape index (κ2) is 7.61. The summed E-state index contributed by atoms with van der Waals surface area (Å²) in [6.07, 6.45) is 0.380. The summed E-state index contributed by atoms with van der Waals surface area (Å²) in [5.41, 5.74) is 0.495. The number of hydrogen-bond donors (Lipinski definition) is 2. The molecule has 20 heavy (non-hydrogen) atoms. The molecule has 0 radical (unpaired) electrons. The Kier molecular flexibility index (Phi) is 6.75. The van der Waals surface area contributed by atoms with Crippen LogP contribution in [-0.2, 0) is 15.8 Å². The van der Waals surface area contributed by atoms with E-state index in [1.165, 1.54) is 6.07 Å². The van der Waals surface area contributed by atoms with Gasteiger partial charge in [0.25, 0.3) is 0 Å². The summed E-state index contributed by atoms with van der Waals surface area (Å²) >= 11 is 11.8. The Morgan fingerprint density at radius 2 is 1.95 bits per heavy atom. The molecule has 0 saturated carbocycles. The lowest BCUT2D eigenvalue weighted by Crippen LogP contribution is -2.39. The normalized spacial score (nSPS) is 13.7. The van der Waals surface area contributed by atoms with E-state index in [1.807, 2.05) is 13.8 Å². The summed E-state index contributed by atoms with van der Waals surface area (Å²) in [6.45, 7) is 3.74. The van der Waals surface area contributed by atoms with Gasteiger partial charge in [-0.25, -0.2) is 13.1 Å². The molecule has 2 N–H and O–H groups in total. The molecular formula is C13H19Cl2NO3S. The monoisotopic (exact) mass is 339 g/mol. The average molecular weight is 340 g/mol. The highest BCUT2D eigenvalue weighted by atomic mass is 35.5. The van der Waals surface area contributed by atoms with Crippen molar-refractivity contribution >= 4 is 33.2 Å². The number of aliphatic hydroxyl groups excluding tert-OH is 1. The summed E-state index contributed by atoms with van der Waals surface area (Å²) in [4.78, 5) is 0. The molecule has 0 aromatic heterocycles. The zero-order chi connectivity index (χ0) is 15.3. The van der Waals surface area contributed by atoms with Gasteiger partial charge in [0.1, 0.15) is 0 Å². The van der Waals surface area contributed by atoms with Gasteiger partial charge in [0.2, 0.25) is 10.0 Å². The van der Waals surface area contributed by atoms with E-state index in [1.54, 1.807) is 12.1 Å². The van der Waals surface area contributed by atoms with Crippen LogP contribution >= 0.6 is 23.2 Å². The quantitative estimate of drug-likeness (QED) is 0.802.